The zero-order valence-corrected chi connectivity index (χ0v) is 10.4. The maximum Gasteiger partial charge on any atom is 0.193 e. The molecule has 0 saturated carbocycles. The van der Waals surface area contributed by atoms with Gasteiger partial charge in [0.1, 0.15) is 0 Å². The van der Waals surface area contributed by atoms with Crippen molar-refractivity contribution >= 4 is 8.32 Å². The summed E-state index contributed by atoms with van der Waals surface area (Å²) in [4.78, 5) is 0. The molecule has 0 aliphatic carbocycles. The van der Waals surface area contributed by atoms with E-state index in [2.05, 4.69) is 45.7 Å². The Bertz CT molecular complexity index is 207. The van der Waals surface area contributed by atoms with Crippen molar-refractivity contribution in [3.63, 3.8) is 0 Å². The number of nitrogens with two attached hydrogens (primary N) is 1. The average molecular weight is 199 g/mol. The molecule has 3 heteroatoms. The number of rotatable bonds is 2. The van der Waals surface area contributed by atoms with Crippen molar-refractivity contribution in [3.05, 3.63) is 0 Å². The van der Waals surface area contributed by atoms with Crippen LogP contribution in [0.5, 0.6) is 0 Å². The van der Waals surface area contributed by atoms with Crippen molar-refractivity contribution in [1.29, 1.82) is 0 Å². The van der Waals surface area contributed by atoms with Gasteiger partial charge in [0.05, 0.1) is 13.2 Å². The summed E-state index contributed by atoms with van der Waals surface area (Å²) < 4.78 is 5.81. The van der Waals surface area contributed by atoms with Crippen molar-refractivity contribution in [2.45, 2.75) is 38.9 Å². The van der Waals surface area contributed by atoms with Crippen LogP contribution in [0.2, 0.25) is 18.1 Å². The van der Waals surface area contributed by atoms with Crippen LogP contribution in [-0.4, -0.2) is 21.5 Å². The summed E-state index contributed by atoms with van der Waals surface area (Å²) in [7, 11) is -1.60. The highest BCUT2D eigenvalue weighted by Crippen LogP contribution is 2.36. The minimum atomic E-state index is -1.60. The van der Waals surface area contributed by atoms with E-state index in [1.807, 2.05) is 0 Å². The Morgan fingerprint density at radius 2 is 1.77 bits per heavy atom. The maximum atomic E-state index is 5.81. The largest absolute Gasteiger partial charge is 0.406 e. The van der Waals surface area contributed by atoms with Crippen molar-refractivity contribution in [2.24, 2.45) is 5.73 Å². The SMILES string of the molecule is CC(C)(C)[Si](C)(C)OCC#CCN. The monoisotopic (exact) mass is 199 g/mol. The Balaban J connectivity index is 4.04. The Labute approximate surface area is 83.0 Å². The van der Waals surface area contributed by atoms with E-state index in [0.717, 1.165) is 0 Å². The highest BCUT2D eigenvalue weighted by Gasteiger charge is 2.36. The summed E-state index contributed by atoms with van der Waals surface area (Å²) in [5, 5.41) is 0.261. The van der Waals surface area contributed by atoms with E-state index in [1.54, 1.807) is 0 Å². The predicted octanol–water partition coefficient (Wildman–Crippen LogP) is 1.97. The van der Waals surface area contributed by atoms with Crippen LogP contribution in [0.3, 0.4) is 0 Å². The van der Waals surface area contributed by atoms with Gasteiger partial charge in [-0.25, -0.2) is 0 Å². The molecular formula is C10H21NOSi. The van der Waals surface area contributed by atoms with Gasteiger partial charge in [-0.1, -0.05) is 32.6 Å². The van der Waals surface area contributed by atoms with E-state index in [9.17, 15) is 0 Å². The van der Waals surface area contributed by atoms with Crippen LogP contribution in [0.25, 0.3) is 0 Å². The van der Waals surface area contributed by atoms with Gasteiger partial charge in [0, 0.05) is 0 Å². The predicted molar refractivity (Wildman–Crippen MR) is 60.0 cm³/mol. The molecule has 0 aromatic carbocycles. The van der Waals surface area contributed by atoms with Crippen LogP contribution in [0.1, 0.15) is 20.8 Å². The first-order chi connectivity index (χ1) is 5.81. The molecule has 0 aliphatic heterocycles. The normalized spacial score (nSPS) is 12.2. The quantitative estimate of drug-likeness (QED) is 0.545. The minimum Gasteiger partial charge on any atom is -0.406 e. The molecule has 2 N–H and O–H groups in total. The first-order valence-corrected chi connectivity index (χ1v) is 7.52. The van der Waals surface area contributed by atoms with E-state index in [-0.39, 0.29) is 5.04 Å². The molecule has 0 radical (unpaired) electrons. The van der Waals surface area contributed by atoms with Crippen LogP contribution >= 0.6 is 0 Å². The first kappa shape index (κ1) is 12.7. The van der Waals surface area contributed by atoms with Crippen LogP contribution < -0.4 is 5.73 Å². The molecule has 0 aliphatic rings. The molecule has 0 aromatic heterocycles. The number of hydrogen-bond acceptors (Lipinski definition) is 2. The fourth-order valence-electron chi connectivity index (χ4n) is 0.556. The van der Waals surface area contributed by atoms with Crippen molar-refractivity contribution < 1.29 is 4.43 Å². The molecule has 76 valence electrons. The molecule has 0 saturated heterocycles. The summed E-state index contributed by atoms with van der Waals surface area (Å²) >= 11 is 0. The van der Waals surface area contributed by atoms with Gasteiger partial charge in [-0.2, -0.15) is 0 Å². The molecular weight excluding hydrogens is 178 g/mol. The van der Waals surface area contributed by atoms with E-state index in [0.29, 0.717) is 13.2 Å². The molecule has 0 fully saturated rings. The molecule has 0 bridgehead atoms. The van der Waals surface area contributed by atoms with Gasteiger partial charge in [-0.3, -0.25) is 0 Å². The highest BCUT2D eigenvalue weighted by molar-refractivity contribution is 6.74. The lowest BCUT2D eigenvalue weighted by Gasteiger charge is -2.35. The van der Waals surface area contributed by atoms with Crippen molar-refractivity contribution in [3.8, 4) is 11.8 Å². The van der Waals surface area contributed by atoms with E-state index in [4.69, 9.17) is 10.2 Å². The Hall–Kier alpha value is -0.303. The third-order valence-corrected chi connectivity index (χ3v) is 7.02. The fraction of sp³-hybridized carbons (Fsp3) is 0.800. The van der Waals surface area contributed by atoms with Crippen molar-refractivity contribution in [1.82, 2.24) is 0 Å². The summed E-state index contributed by atoms with van der Waals surface area (Å²) in [5.41, 5.74) is 5.25. The standard InChI is InChI=1S/C10H21NOSi/c1-10(2,3)13(4,5)12-9-7-6-8-11/h8-9,11H2,1-5H3. The molecule has 0 heterocycles. The minimum absolute atomic E-state index is 0.261. The topological polar surface area (TPSA) is 35.2 Å². The second-order valence-corrected chi connectivity index (χ2v) is 9.42. The summed E-state index contributed by atoms with van der Waals surface area (Å²) in [5.74, 6) is 5.70. The van der Waals surface area contributed by atoms with Gasteiger partial charge in [0.25, 0.3) is 0 Å². The van der Waals surface area contributed by atoms with Gasteiger partial charge in [0.2, 0.25) is 0 Å². The van der Waals surface area contributed by atoms with Crippen LogP contribution in [0.4, 0.5) is 0 Å². The zero-order valence-electron chi connectivity index (χ0n) is 9.40. The molecule has 0 aromatic rings. The van der Waals surface area contributed by atoms with Crippen LogP contribution in [0.15, 0.2) is 0 Å². The summed E-state index contributed by atoms with van der Waals surface area (Å²) in [6.07, 6.45) is 0. The Kier molecular flexibility index (Phi) is 4.69. The lowest BCUT2D eigenvalue weighted by atomic mass is 10.2. The smallest absolute Gasteiger partial charge is 0.193 e. The molecule has 0 unspecified atom stereocenters. The lowest BCUT2D eigenvalue weighted by molar-refractivity contribution is 0.334. The van der Waals surface area contributed by atoms with Crippen LogP contribution in [0, 0.1) is 11.8 Å². The van der Waals surface area contributed by atoms with Gasteiger partial charge in [-0.05, 0) is 18.1 Å². The van der Waals surface area contributed by atoms with E-state index in [1.165, 1.54) is 0 Å². The molecule has 0 rings (SSSR count). The third-order valence-electron chi connectivity index (χ3n) is 2.54. The van der Waals surface area contributed by atoms with Crippen LogP contribution in [-0.2, 0) is 4.43 Å². The van der Waals surface area contributed by atoms with Gasteiger partial charge in [-0.15, -0.1) is 0 Å². The lowest BCUT2D eigenvalue weighted by Crippen LogP contribution is -2.40. The molecule has 0 spiro atoms. The molecule has 0 amide bonds. The zero-order chi connectivity index (χ0) is 10.5. The highest BCUT2D eigenvalue weighted by atomic mass is 28.4. The maximum absolute atomic E-state index is 5.81. The van der Waals surface area contributed by atoms with Crippen molar-refractivity contribution in [2.75, 3.05) is 13.2 Å². The van der Waals surface area contributed by atoms with Gasteiger partial charge >= 0.3 is 0 Å². The Morgan fingerprint density at radius 3 is 2.15 bits per heavy atom. The van der Waals surface area contributed by atoms with Gasteiger partial charge < -0.3 is 10.2 Å². The molecule has 13 heavy (non-hydrogen) atoms. The molecule has 0 atom stereocenters. The summed E-state index contributed by atoms with van der Waals surface area (Å²) in [6, 6.07) is 0. The van der Waals surface area contributed by atoms with E-state index >= 15 is 0 Å². The summed E-state index contributed by atoms with van der Waals surface area (Å²) in [6.45, 7) is 12.0. The van der Waals surface area contributed by atoms with E-state index < -0.39 is 8.32 Å². The Morgan fingerprint density at radius 1 is 1.23 bits per heavy atom. The molecule has 2 nitrogen and oxygen atoms in total. The number of hydrogen-bond donors (Lipinski definition) is 1. The third kappa shape index (κ3) is 4.46. The average Bonchev–Trinajstić information content (AvgIpc) is 1.96. The second kappa shape index (κ2) is 4.80. The second-order valence-electron chi connectivity index (χ2n) is 4.61. The fourth-order valence-corrected chi connectivity index (χ4v) is 1.42. The first-order valence-electron chi connectivity index (χ1n) is 4.61. The van der Waals surface area contributed by atoms with Gasteiger partial charge in [0.15, 0.2) is 8.32 Å².